The van der Waals surface area contributed by atoms with Crippen molar-refractivity contribution in [2.75, 3.05) is 5.75 Å². The Morgan fingerprint density at radius 2 is 1.24 bits per heavy atom. The van der Waals surface area contributed by atoms with E-state index >= 15 is 0 Å². The fourth-order valence-corrected chi connectivity index (χ4v) is 3.53. The van der Waals surface area contributed by atoms with Gasteiger partial charge in [0.1, 0.15) is 0 Å². The highest BCUT2D eigenvalue weighted by Crippen LogP contribution is 2.22. The third kappa shape index (κ3) is 5.23. The molecule has 0 unspecified atom stereocenters. The topological polar surface area (TPSA) is 29.1 Å². The monoisotopic (exact) mass is 347 g/mol. The fourth-order valence-electron chi connectivity index (χ4n) is 2.66. The standard InChI is InChI=1S/C22H21NOS/c24-21(16-17-25-20-14-8-3-9-15-20)23-22(18-10-4-1-5-11-18)19-12-6-2-7-13-19/h1-15,22H,16-17H2,(H,23,24). The van der Waals surface area contributed by atoms with Crippen LogP contribution in [0, 0.1) is 0 Å². The molecule has 1 N–H and O–H groups in total. The molecule has 3 aromatic carbocycles. The predicted octanol–water partition coefficient (Wildman–Crippen LogP) is 5.07. The van der Waals surface area contributed by atoms with Gasteiger partial charge in [-0.2, -0.15) is 0 Å². The second kappa shape index (κ2) is 9.09. The number of rotatable bonds is 7. The highest BCUT2D eigenvalue weighted by Gasteiger charge is 2.16. The van der Waals surface area contributed by atoms with Crippen LogP contribution in [0.15, 0.2) is 95.9 Å². The van der Waals surface area contributed by atoms with Crippen molar-refractivity contribution >= 4 is 17.7 Å². The van der Waals surface area contributed by atoms with Gasteiger partial charge in [0, 0.05) is 17.1 Å². The Bertz CT molecular complexity index is 735. The third-order valence-electron chi connectivity index (χ3n) is 3.91. The van der Waals surface area contributed by atoms with Crippen molar-refractivity contribution in [3.05, 3.63) is 102 Å². The summed E-state index contributed by atoms with van der Waals surface area (Å²) in [5.74, 6) is 0.840. The highest BCUT2D eigenvalue weighted by atomic mass is 32.2. The van der Waals surface area contributed by atoms with Crippen molar-refractivity contribution in [1.29, 1.82) is 0 Å². The number of carbonyl (C=O) groups excluding carboxylic acids is 1. The van der Waals surface area contributed by atoms with Crippen molar-refractivity contribution in [3.63, 3.8) is 0 Å². The quantitative estimate of drug-likeness (QED) is 0.604. The molecule has 0 saturated heterocycles. The second-order valence-electron chi connectivity index (χ2n) is 5.73. The van der Waals surface area contributed by atoms with Crippen LogP contribution in [-0.4, -0.2) is 11.7 Å². The minimum absolute atomic E-state index is 0.0705. The lowest BCUT2D eigenvalue weighted by Gasteiger charge is -2.20. The largest absolute Gasteiger partial charge is 0.345 e. The maximum atomic E-state index is 12.5. The number of thioether (sulfide) groups is 1. The maximum absolute atomic E-state index is 12.5. The number of carbonyl (C=O) groups is 1. The van der Waals surface area contributed by atoms with Crippen LogP contribution >= 0.6 is 11.8 Å². The van der Waals surface area contributed by atoms with E-state index in [2.05, 4.69) is 41.7 Å². The van der Waals surface area contributed by atoms with E-state index < -0.39 is 0 Å². The van der Waals surface area contributed by atoms with Gasteiger partial charge in [-0.1, -0.05) is 78.9 Å². The summed E-state index contributed by atoms with van der Waals surface area (Å²) < 4.78 is 0. The van der Waals surface area contributed by atoms with Crippen molar-refractivity contribution in [2.24, 2.45) is 0 Å². The molecule has 0 aromatic heterocycles. The van der Waals surface area contributed by atoms with E-state index in [-0.39, 0.29) is 11.9 Å². The minimum Gasteiger partial charge on any atom is -0.345 e. The van der Waals surface area contributed by atoms with Crippen LogP contribution in [-0.2, 0) is 4.79 Å². The Balaban J connectivity index is 1.63. The van der Waals surface area contributed by atoms with Gasteiger partial charge in [0.05, 0.1) is 6.04 Å². The molecular weight excluding hydrogens is 326 g/mol. The summed E-state index contributed by atoms with van der Waals surface area (Å²) in [6.45, 7) is 0. The summed E-state index contributed by atoms with van der Waals surface area (Å²) in [5, 5.41) is 3.18. The average Bonchev–Trinajstić information content (AvgIpc) is 2.68. The number of hydrogen-bond donors (Lipinski definition) is 1. The molecule has 3 heteroatoms. The second-order valence-corrected chi connectivity index (χ2v) is 6.90. The maximum Gasteiger partial charge on any atom is 0.221 e. The normalized spacial score (nSPS) is 10.6. The highest BCUT2D eigenvalue weighted by molar-refractivity contribution is 7.99. The van der Waals surface area contributed by atoms with Crippen LogP contribution in [0.1, 0.15) is 23.6 Å². The zero-order chi connectivity index (χ0) is 17.3. The van der Waals surface area contributed by atoms with Gasteiger partial charge < -0.3 is 5.32 Å². The molecule has 0 atom stereocenters. The number of hydrogen-bond acceptors (Lipinski definition) is 2. The van der Waals surface area contributed by atoms with Gasteiger partial charge in [0.15, 0.2) is 0 Å². The first-order chi connectivity index (χ1) is 12.3. The Labute approximate surface area is 153 Å². The van der Waals surface area contributed by atoms with Crippen molar-refractivity contribution in [2.45, 2.75) is 17.4 Å². The minimum atomic E-state index is -0.114. The molecule has 0 aliphatic rings. The Hall–Kier alpha value is -2.52. The molecule has 1 amide bonds. The van der Waals surface area contributed by atoms with E-state index in [4.69, 9.17) is 0 Å². The molecule has 0 radical (unpaired) electrons. The van der Waals surface area contributed by atoms with E-state index in [9.17, 15) is 4.79 Å². The lowest BCUT2D eigenvalue weighted by molar-refractivity contribution is -0.121. The summed E-state index contributed by atoms with van der Waals surface area (Å²) in [6, 6.07) is 30.3. The molecule has 0 spiro atoms. The molecule has 0 bridgehead atoms. The SMILES string of the molecule is O=C(CCSc1ccccc1)NC(c1ccccc1)c1ccccc1. The zero-order valence-corrected chi connectivity index (χ0v) is 14.8. The Morgan fingerprint density at radius 3 is 1.76 bits per heavy atom. The van der Waals surface area contributed by atoms with Crippen molar-refractivity contribution in [3.8, 4) is 0 Å². The molecule has 0 fully saturated rings. The van der Waals surface area contributed by atoms with Gasteiger partial charge in [0.2, 0.25) is 5.91 Å². The summed E-state index contributed by atoms with van der Waals surface area (Å²) in [4.78, 5) is 13.7. The van der Waals surface area contributed by atoms with Gasteiger partial charge in [0.25, 0.3) is 0 Å². The number of nitrogens with one attached hydrogen (secondary N) is 1. The number of benzene rings is 3. The molecule has 0 saturated carbocycles. The summed E-state index contributed by atoms with van der Waals surface area (Å²) in [6.07, 6.45) is 0.496. The Morgan fingerprint density at radius 1 is 0.760 bits per heavy atom. The van der Waals surface area contributed by atoms with E-state index in [1.807, 2.05) is 54.6 Å². The molecule has 2 nitrogen and oxygen atoms in total. The number of amides is 1. The van der Waals surface area contributed by atoms with Crippen LogP contribution in [0.4, 0.5) is 0 Å². The fraction of sp³-hybridized carbons (Fsp3) is 0.136. The third-order valence-corrected chi connectivity index (χ3v) is 4.93. The molecular formula is C22H21NOS. The average molecular weight is 347 g/mol. The van der Waals surface area contributed by atoms with E-state index in [0.29, 0.717) is 6.42 Å². The molecule has 3 rings (SSSR count). The molecule has 126 valence electrons. The van der Waals surface area contributed by atoms with Crippen LogP contribution in [0.3, 0.4) is 0 Å². The lowest BCUT2D eigenvalue weighted by Crippen LogP contribution is -2.29. The van der Waals surface area contributed by atoms with E-state index in [1.165, 1.54) is 4.90 Å². The zero-order valence-electron chi connectivity index (χ0n) is 14.0. The summed E-state index contributed by atoms with van der Waals surface area (Å²) in [5.41, 5.74) is 2.19. The first-order valence-electron chi connectivity index (χ1n) is 8.40. The first-order valence-corrected chi connectivity index (χ1v) is 9.38. The molecule has 0 heterocycles. The van der Waals surface area contributed by atoms with Gasteiger partial charge >= 0.3 is 0 Å². The first kappa shape index (κ1) is 17.3. The molecule has 0 aliphatic carbocycles. The van der Waals surface area contributed by atoms with Gasteiger partial charge in [-0.15, -0.1) is 11.8 Å². The molecule has 0 aliphatic heterocycles. The van der Waals surface area contributed by atoms with Crippen LogP contribution in [0.2, 0.25) is 0 Å². The van der Waals surface area contributed by atoms with Crippen LogP contribution in [0.25, 0.3) is 0 Å². The van der Waals surface area contributed by atoms with Gasteiger partial charge in [-0.05, 0) is 23.3 Å². The predicted molar refractivity (Wildman–Crippen MR) is 105 cm³/mol. The smallest absolute Gasteiger partial charge is 0.221 e. The summed E-state index contributed by atoms with van der Waals surface area (Å²) >= 11 is 1.71. The van der Waals surface area contributed by atoms with Crippen LogP contribution in [0.5, 0.6) is 0 Å². The molecule has 3 aromatic rings. The molecule has 25 heavy (non-hydrogen) atoms. The van der Waals surface area contributed by atoms with Gasteiger partial charge in [-0.3, -0.25) is 4.79 Å². The summed E-state index contributed by atoms with van der Waals surface area (Å²) in [7, 11) is 0. The van der Waals surface area contributed by atoms with E-state index in [0.717, 1.165) is 16.9 Å². The Kier molecular flexibility index (Phi) is 6.29. The van der Waals surface area contributed by atoms with Crippen molar-refractivity contribution < 1.29 is 4.79 Å². The van der Waals surface area contributed by atoms with Gasteiger partial charge in [-0.25, -0.2) is 0 Å². The van der Waals surface area contributed by atoms with Crippen LogP contribution < -0.4 is 5.32 Å². The lowest BCUT2D eigenvalue weighted by atomic mass is 9.98. The van der Waals surface area contributed by atoms with E-state index in [1.54, 1.807) is 11.8 Å². The van der Waals surface area contributed by atoms with Crippen molar-refractivity contribution in [1.82, 2.24) is 5.32 Å².